The topological polar surface area (TPSA) is 59.0 Å². The van der Waals surface area contributed by atoms with Gasteiger partial charge in [0, 0.05) is 30.2 Å². The Morgan fingerprint density at radius 3 is 3.04 bits per heavy atom. The number of nitrogens with zero attached hydrogens (tertiary/aromatic N) is 1. The highest BCUT2D eigenvalue weighted by Crippen LogP contribution is 2.23. The number of hydrogen-bond acceptors (Lipinski definition) is 3. The van der Waals surface area contributed by atoms with Crippen LogP contribution < -0.4 is 5.32 Å². The summed E-state index contributed by atoms with van der Waals surface area (Å²) in [7, 11) is 0. The summed E-state index contributed by atoms with van der Waals surface area (Å²) in [5, 5.41) is 2.95. The second-order valence-electron chi connectivity index (χ2n) is 5.92. The zero-order valence-electron chi connectivity index (χ0n) is 13.1. The molecule has 0 aliphatic carbocycles. The van der Waals surface area contributed by atoms with Crippen molar-refractivity contribution in [1.29, 1.82) is 0 Å². The highest BCUT2D eigenvalue weighted by Gasteiger charge is 2.22. The van der Waals surface area contributed by atoms with Gasteiger partial charge in [-0.1, -0.05) is 6.07 Å². The molecule has 3 rings (SSSR count). The van der Waals surface area contributed by atoms with Crippen molar-refractivity contribution in [2.45, 2.75) is 44.8 Å². The molecule has 0 bridgehead atoms. The van der Waals surface area contributed by atoms with Crippen molar-refractivity contribution in [2.75, 3.05) is 5.32 Å². The van der Waals surface area contributed by atoms with Crippen LogP contribution in [0.15, 0.2) is 36.7 Å². The molecule has 122 valence electrons. The third kappa shape index (κ3) is 4.09. The van der Waals surface area contributed by atoms with Gasteiger partial charge < -0.3 is 15.0 Å². The molecule has 6 heteroatoms. The molecule has 23 heavy (non-hydrogen) atoms. The molecule has 1 aromatic carbocycles. The maximum atomic E-state index is 12.1. The van der Waals surface area contributed by atoms with Gasteiger partial charge >= 0.3 is 0 Å². The van der Waals surface area contributed by atoms with Crippen LogP contribution >= 0.6 is 12.2 Å². The average Bonchev–Trinajstić information content (AvgIpc) is 3.14. The number of benzene rings is 1. The lowest BCUT2D eigenvalue weighted by atomic mass is 10.1. The Balaban J connectivity index is 1.58. The minimum absolute atomic E-state index is 0.0166. The Kier molecular flexibility index (Phi) is 4.93. The molecule has 2 heterocycles. The van der Waals surface area contributed by atoms with Crippen LogP contribution in [0.25, 0.3) is 5.69 Å². The highest BCUT2D eigenvalue weighted by molar-refractivity contribution is 7.71. The molecule has 5 nitrogen and oxygen atoms in total. The van der Waals surface area contributed by atoms with Gasteiger partial charge in [0.1, 0.15) is 0 Å². The van der Waals surface area contributed by atoms with Crippen LogP contribution in [0.5, 0.6) is 0 Å². The Hall–Kier alpha value is -1.92. The van der Waals surface area contributed by atoms with Crippen LogP contribution in [0.1, 0.15) is 32.6 Å². The van der Waals surface area contributed by atoms with Crippen molar-refractivity contribution >= 4 is 23.8 Å². The summed E-state index contributed by atoms with van der Waals surface area (Å²) in [6.45, 7) is 2.08. The molecule has 1 aliphatic heterocycles. The Morgan fingerprint density at radius 1 is 1.48 bits per heavy atom. The van der Waals surface area contributed by atoms with E-state index in [9.17, 15) is 4.79 Å². The number of nitrogens with one attached hydrogen (secondary N) is 2. The number of H-pyrrole nitrogens is 1. The predicted molar refractivity (Wildman–Crippen MR) is 92.4 cm³/mol. The fourth-order valence-electron chi connectivity index (χ4n) is 2.87. The van der Waals surface area contributed by atoms with Gasteiger partial charge in [-0.25, -0.2) is 0 Å². The third-order valence-corrected chi connectivity index (χ3v) is 4.39. The van der Waals surface area contributed by atoms with Crippen molar-refractivity contribution in [3.63, 3.8) is 0 Å². The van der Waals surface area contributed by atoms with E-state index < -0.39 is 0 Å². The molecule has 1 aromatic heterocycles. The molecule has 0 saturated carbocycles. The second-order valence-corrected chi connectivity index (χ2v) is 6.31. The van der Waals surface area contributed by atoms with Gasteiger partial charge in [0.05, 0.1) is 12.2 Å². The number of amides is 1. The zero-order valence-corrected chi connectivity index (χ0v) is 13.9. The van der Waals surface area contributed by atoms with Crippen LogP contribution in [0.4, 0.5) is 5.69 Å². The van der Waals surface area contributed by atoms with E-state index in [0.717, 1.165) is 30.6 Å². The summed E-state index contributed by atoms with van der Waals surface area (Å²) in [6.07, 6.45) is 7.59. The van der Waals surface area contributed by atoms with E-state index in [4.69, 9.17) is 17.0 Å². The Bertz CT molecular complexity index is 737. The number of rotatable bonds is 5. The summed E-state index contributed by atoms with van der Waals surface area (Å²) >= 11 is 5.22. The number of hydrogen-bond donors (Lipinski definition) is 2. The standard InChI is InChI=1S/C17H21N3O2S/c1-12-5-6-15(22-12)7-8-16(21)19-13-3-2-4-14(11-13)20-10-9-18-17(20)23/h2-4,9-12,15H,5-8H2,1H3,(H,18,23)(H,19,21)/t12-,15-/m1/s1. The Labute approximate surface area is 140 Å². The van der Waals surface area contributed by atoms with Gasteiger partial charge in [-0.15, -0.1) is 0 Å². The number of aromatic amines is 1. The molecule has 2 N–H and O–H groups in total. The molecule has 0 radical (unpaired) electrons. The fraction of sp³-hybridized carbons (Fsp3) is 0.412. The molecule has 2 atom stereocenters. The summed E-state index contributed by atoms with van der Waals surface area (Å²) in [4.78, 5) is 15.1. The average molecular weight is 331 g/mol. The molecular weight excluding hydrogens is 310 g/mol. The van der Waals surface area contributed by atoms with E-state index in [1.807, 2.05) is 35.0 Å². The van der Waals surface area contributed by atoms with Crippen molar-refractivity contribution in [1.82, 2.24) is 9.55 Å². The second kappa shape index (κ2) is 7.10. The van der Waals surface area contributed by atoms with Crippen LogP contribution in [-0.4, -0.2) is 27.7 Å². The Morgan fingerprint density at radius 2 is 2.35 bits per heavy atom. The van der Waals surface area contributed by atoms with Crippen molar-refractivity contribution < 1.29 is 9.53 Å². The smallest absolute Gasteiger partial charge is 0.224 e. The minimum Gasteiger partial charge on any atom is -0.375 e. The zero-order chi connectivity index (χ0) is 16.2. The van der Waals surface area contributed by atoms with E-state index in [2.05, 4.69) is 17.2 Å². The number of imidazole rings is 1. The SMILES string of the molecule is C[C@@H]1CC[C@H](CCC(=O)Nc2cccc(-n3cc[nH]c3=S)c2)O1. The molecule has 1 fully saturated rings. The van der Waals surface area contributed by atoms with E-state index in [-0.39, 0.29) is 12.0 Å². The lowest BCUT2D eigenvalue weighted by Gasteiger charge is -2.11. The summed E-state index contributed by atoms with van der Waals surface area (Å²) in [5.74, 6) is 0.0166. The molecular formula is C17H21N3O2S. The number of aromatic nitrogens is 2. The number of carbonyl (C=O) groups excluding carboxylic acids is 1. The molecule has 1 amide bonds. The molecule has 1 aliphatic rings. The summed E-state index contributed by atoms with van der Waals surface area (Å²) in [5.41, 5.74) is 1.69. The fourth-order valence-corrected chi connectivity index (χ4v) is 3.10. The van der Waals surface area contributed by atoms with Gasteiger partial charge in [0.15, 0.2) is 4.77 Å². The monoisotopic (exact) mass is 331 g/mol. The maximum Gasteiger partial charge on any atom is 0.224 e. The van der Waals surface area contributed by atoms with E-state index >= 15 is 0 Å². The largest absolute Gasteiger partial charge is 0.375 e. The summed E-state index contributed by atoms with van der Waals surface area (Å²) in [6, 6.07) is 7.65. The molecule has 1 saturated heterocycles. The van der Waals surface area contributed by atoms with Gasteiger partial charge in [0.25, 0.3) is 0 Å². The first-order chi connectivity index (χ1) is 11.1. The van der Waals surface area contributed by atoms with Gasteiger partial charge in [-0.3, -0.25) is 9.36 Å². The lowest BCUT2D eigenvalue weighted by molar-refractivity contribution is -0.116. The first-order valence-electron chi connectivity index (χ1n) is 7.93. The van der Waals surface area contributed by atoms with Gasteiger partial charge in [0.2, 0.25) is 5.91 Å². The van der Waals surface area contributed by atoms with Crippen LogP contribution in [0.2, 0.25) is 0 Å². The van der Waals surface area contributed by atoms with Gasteiger partial charge in [-0.05, 0) is 56.6 Å². The van der Waals surface area contributed by atoms with Crippen LogP contribution in [0, 0.1) is 4.77 Å². The first kappa shape index (κ1) is 16.0. The van der Waals surface area contributed by atoms with E-state index in [1.54, 1.807) is 6.20 Å². The van der Waals surface area contributed by atoms with E-state index in [0.29, 0.717) is 17.3 Å². The van der Waals surface area contributed by atoms with Crippen molar-refractivity contribution in [3.8, 4) is 5.69 Å². The van der Waals surface area contributed by atoms with Crippen molar-refractivity contribution in [3.05, 3.63) is 41.4 Å². The highest BCUT2D eigenvalue weighted by atomic mass is 32.1. The summed E-state index contributed by atoms with van der Waals surface area (Å²) < 4.78 is 8.23. The number of carbonyl (C=O) groups is 1. The normalized spacial score (nSPS) is 20.6. The van der Waals surface area contributed by atoms with E-state index in [1.165, 1.54) is 0 Å². The van der Waals surface area contributed by atoms with Crippen LogP contribution in [0.3, 0.4) is 0 Å². The van der Waals surface area contributed by atoms with Crippen molar-refractivity contribution in [2.24, 2.45) is 0 Å². The number of anilines is 1. The third-order valence-electron chi connectivity index (χ3n) is 4.07. The molecule has 2 aromatic rings. The minimum atomic E-state index is 0.0166. The quantitative estimate of drug-likeness (QED) is 0.819. The number of ether oxygens (including phenoxy) is 1. The predicted octanol–water partition coefficient (Wildman–Crippen LogP) is 3.82. The molecule has 0 spiro atoms. The maximum absolute atomic E-state index is 12.1. The van der Waals surface area contributed by atoms with Gasteiger partial charge in [-0.2, -0.15) is 0 Å². The van der Waals surface area contributed by atoms with Crippen LogP contribution in [-0.2, 0) is 9.53 Å². The first-order valence-corrected chi connectivity index (χ1v) is 8.34. The molecule has 0 unspecified atom stereocenters. The lowest BCUT2D eigenvalue weighted by Crippen LogP contribution is -2.16.